The molecule has 0 aliphatic heterocycles. The molecule has 0 spiro atoms. The van der Waals surface area contributed by atoms with E-state index in [9.17, 15) is 0 Å². The normalized spacial score (nSPS) is 10.5. The Morgan fingerprint density at radius 1 is 1.12 bits per heavy atom. The molecule has 0 fully saturated rings. The van der Waals surface area contributed by atoms with Crippen LogP contribution < -0.4 is 4.74 Å². The fourth-order valence-corrected chi connectivity index (χ4v) is 2.03. The third-order valence-corrected chi connectivity index (χ3v) is 3.50. The first-order chi connectivity index (χ1) is 7.58. The van der Waals surface area contributed by atoms with Crippen molar-refractivity contribution in [3.63, 3.8) is 0 Å². The molecule has 2 aromatic rings. The maximum absolute atomic E-state index is 6.06. The smallest absolute Gasteiger partial charge is 0.270 e. The minimum atomic E-state index is 0.273. The predicted molar refractivity (Wildman–Crippen MR) is 65.9 cm³/mol. The van der Waals surface area contributed by atoms with Crippen LogP contribution in [0.25, 0.3) is 0 Å². The average molecular weight is 275 g/mol. The van der Waals surface area contributed by atoms with Crippen LogP contribution in [0.1, 0.15) is 11.1 Å². The summed E-state index contributed by atoms with van der Waals surface area (Å²) in [5, 5.41) is 1.02. The van der Waals surface area contributed by atoms with Crippen LogP contribution in [0.2, 0.25) is 10.2 Å². The molecule has 0 bridgehead atoms. The second-order valence-electron chi connectivity index (χ2n) is 3.33. The zero-order chi connectivity index (χ0) is 11.7. The summed E-state index contributed by atoms with van der Waals surface area (Å²) in [4.78, 5) is 0. The summed E-state index contributed by atoms with van der Waals surface area (Å²) in [6.45, 7) is 3.84. The van der Waals surface area contributed by atoms with Crippen LogP contribution in [0.5, 0.6) is 11.6 Å². The Kier molecular flexibility index (Phi) is 3.33. The largest absolute Gasteiger partial charge is 0.436 e. The predicted octanol–water partition coefficient (Wildman–Crippen LogP) is 4.25. The summed E-state index contributed by atoms with van der Waals surface area (Å²) >= 11 is 12.9. The molecule has 84 valence electrons. The van der Waals surface area contributed by atoms with E-state index in [-0.39, 0.29) is 5.15 Å². The van der Waals surface area contributed by atoms with Gasteiger partial charge in [-0.25, -0.2) is 0 Å². The van der Waals surface area contributed by atoms with Crippen LogP contribution >= 0.6 is 34.9 Å². The summed E-state index contributed by atoms with van der Waals surface area (Å²) in [6, 6.07) is 3.68. The summed E-state index contributed by atoms with van der Waals surface area (Å²) < 4.78 is 13.3. The molecule has 0 aliphatic carbocycles. The van der Waals surface area contributed by atoms with E-state index >= 15 is 0 Å². The quantitative estimate of drug-likeness (QED) is 0.821. The minimum absolute atomic E-state index is 0.273. The van der Waals surface area contributed by atoms with Gasteiger partial charge in [-0.3, -0.25) is 0 Å². The van der Waals surface area contributed by atoms with Gasteiger partial charge in [-0.1, -0.05) is 23.2 Å². The van der Waals surface area contributed by atoms with Crippen LogP contribution in [0.4, 0.5) is 0 Å². The van der Waals surface area contributed by atoms with Crippen molar-refractivity contribution in [2.24, 2.45) is 0 Å². The van der Waals surface area contributed by atoms with Gasteiger partial charge in [0.2, 0.25) is 5.15 Å². The summed E-state index contributed by atoms with van der Waals surface area (Å²) in [6.07, 6.45) is 0. The molecule has 2 rings (SSSR count). The first-order valence-electron chi connectivity index (χ1n) is 4.50. The van der Waals surface area contributed by atoms with Crippen LogP contribution in [0.15, 0.2) is 12.1 Å². The highest BCUT2D eigenvalue weighted by Crippen LogP contribution is 2.31. The van der Waals surface area contributed by atoms with Gasteiger partial charge in [0, 0.05) is 5.02 Å². The molecule has 1 aromatic carbocycles. The second-order valence-corrected chi connectivity index (χ2v) is 4.60. The first-order valence-corrected chi connectivity index (χ1v) is 5.99. The SMILES string of the molecule is Cc1cc(Oc2nsnc2Cl)cc(C)c1Cl. The Morgan fingerprint density at radius 2 is 1.75 bits per heavy atom. The van der Waals surface area contributed by atoms with Crippen LogP contribution in [0.3, 0.4) is 0 Å². The van der Waals surface area contributed by atoms with Gasteiger partial charge in [0.1, 0.15) is 5.75 Å². The standard InChI is InChI=1S/C10H8Cl2N2OS/c1-5-3-7(4-6(2)8(5)11)15-10-9(12)13-16-14-10/h3-4H,1-2H3. The van der Waals surface area contributed by atoms with Gasteiger partial charge in [-0.2, -0.15) is 4.37 Å². The van der Waals surface area contributed by atoms with Crippen LogP contribution in [-0.4, -0.2) is 8.75 Å². The number of aromatic nitrogens is 2. The molecule has 1 aromatic heterocycles. The molecular weight excluding hydrogens is 267 g/mol. The lowest BCUT2D eigenvalue weighted by molar-refractivity contribution is 0.467. The number of ether oxygens (including phenoxy) is 1. The van der Waals surface area contributed by atoms with Gasteiger partial charge in [0.15, 0.2) is 0 Å². The molecule has 0 atom stereocenters. The Morgan fingerprint density at radius 3 is 2.25 bits per heavy atom. The molecule has 0 aliphatic rings. The van der Waals surface area contributed by atoms with Crippen LogP contribution in [0, 0.1) is 13.8 Å². The highest BCUT2D eigenvalue weighted by molar-refractivity contribution is 6.99. The third-order valence-electron chi connectivity index (χ3n) is 2.05. The molecule has 0 saturated carbocycles. The number of rotatable bonds is 2. The van der Waals surface area contributed by atoms with Gasteiger partial charge >= 0.3 is 0 Å². The lowest BCUT2D eigenvalue weighted by Crippen LogP contribution is -1.88. The Balaban J connectivity index is 2.33. The van der Waals surface area contributed by atoms with Gasteiger partial charge in [0.05, 0.1) is 11.7 Å². The molecule has 0 unspecified atom stereocenters. The maximum Gasteiger partial charge on any atom is 0.270 e. The van der Waals surface area contributed by atoms with Crippen molar-refractivity contribution >= 4 is 34.9 Å². The van der Waals surface area contributed by atoms with E-state index in [1.165, 1.54) is 0 Å². The summed E-state index contributed by atoms with van der Waals surface area (Å²) in [7, 11) is 0. The minimum Gasteiger partial charge on any atom is -0.436 e. The molecule has 0 N–H and O–H groups in total. The Labute approximate surface area is 107 Å². The molecule has 0 saturated heterocycles. The molecule has 0 radical (unpaired) electrons. The topological polar surface area (TPSA) is 35.0 Å². The summed E-state index contributed by atoms with van der Waals surface area (Å²) in [5.74, 6) is 0.988. The highest BCUT2D eigenvalue weighted by atomic mass is 35.5. The Bertz CT molecular complexity index is 504. The highest BCUT2D eigenvalue weighted by Gasteiger charge is 2.09. The van der Waals surface area contributed by atoms with E-state index in [0.29, 0.717) is 11.6 Å². The van der Waals surface area contributed by atoms with E-state index in [1.807, 2.05) is 26.0 Å². The fraction of sp³-hybridized carbons (Fsp3) is 0.200. The van der Waals surface area contributed by atoms with Crippen molar-refractivity contribution in [1.29, 1.82) is 0 Å². The molecule has 6 heteroatoms. The average Bonchev–Trinajstić information content (AvgIpc) is 2.61. The number of aryl methyl sites for hydroxylation is 2. The molecule has 0 amide bonds. The van der Waals surface area contributed by atoms with E-state index in [4.69, 9.17) is 27.9 Å². The molecule has 3 nitrogen and oxygen atoms in total. The zero-order valence-corrected chi connectivity index (χ0v) is 10.9. The lowest BCUT2D eigenvalue weighted by atomic mass is 10.1. The summed E-state index contributed by atoms with van der Waals surface area (Å²) in [5.41, 5.74) is 1.91. The Hall–Kier alpha value is -0.840. The molecule has 1 heterocycles. The number of halogens is 2. The number of hydrogen-bond donors (Lipinski definition) is 0. The molecular formula is C10H8Cl2N2OS. The molecule has 16 heavy (non-hydrogen) atoms. The van der Waals surface area contributed by atoms with Crippen molar-refractivity contribution < 1.29 is 4.74 Å². The van der Waals surface area contributed by atoms with Gasteiger partial charge in [0.25, 0.3) is 5.88 Å². The maximum atomic E-state index is 6.06. The van der Waals surface area contributed by atoms with E-state index < -0.39 is 0 Å². The van der Waals surface area contributed by atoms with Gasteiger partial charge in [-0.15, -0.1) is 4.37 Å². The van der Waals surface area contributed by atoms with E-state index in [2.05, 4.69) is 8.75 Å². The van der Waals surface area contributed by atoms with Crippen molar-refractivity contribution in [1.82, 2.24) is 8.75 Å². The van der Waals surface area contributed by atoms with Crippen LogP contribution in [-0.2, 0) is 0 Å². The second kappa shape index (κ2) is 4.57. The first kappa shape index (κ1) is 11.6. The van der Waals surface area contributed by atoms with Crippen molar-refractivity contribution in [2.45, 2.75) is 13.8 Å². The lowest BCUT2D eigenvalue weighted by Gasteiger charge is -2.07. The van der Waals surface area contributed by atoms with E-state index in [0.717, 1.165) is 27.9 Å². The van der Waals surface area contributed by atoms with E-state index in [1.54, 1.807) is 0 Å². The zero-order valence-electron chi connectivity index (χ0n) is 8.62. The third kappa shape index (κ3) is 2.29. The van der Waals surface area contributed by atoms with Crippen molar-refractivity contribution in [2.75, 3.05) is 0 Å². The number of nitrogens with zero attached hydrogens (tertiary/aromatic N) is 2. The van der Waals surface area contributed by atoms with Gasteiger partial charge in [-0.05, 0) is 37.1 Å². The fourth-order valence-electron chi connectivity index (χ4n) is 1.31. The number of hydrogen-bond acceptors (Lipinski definition) is 4. The van der Waals surface area contributed by atoms with Gasteiger partial charge < -0.3 is 4.74 Å². The monoisotopic (exact) mass is 274 g/mol. The number of benzene rings is 1. The van der Waals surface area contributed by atoms with Crippen molar-refractivity contribution in [3.8, 4) is 11.6 Å². The van der Waals surface area contributed by atoms with Crippen molar-refractivity contribution in [3.05, 3.63) is 33.4 Å².